The summed E-state index contributed by atoms with van der Waals surface area (Å²) in [5, 5.41) is 8.30. The number of primary amides is 1. The maximum atomic E-state index is 12.5. The van der Waals surface area contributed by atoms with E-state index in [1.54, 1.807) is 22.8 Å². The molecule has 0 saturated carbocycles. The van der Waals surface area contributed by atoms with Crippen LogP contribution < -0.4 is 11.1 Å². The number of piperazine rings is 1. The molecule has 0 radical (unpaired) electrons. The van der Waals surface area contributed by atoms with Crippen LogP contribution in [0.4, 0.5) is 5.00 Å². The summed E-state index contributed by atoms with van der Waals surface area (Å²) in [5.74, 6) is -0.640. The summed E-state index contributed by atoms with van der Waals surface area (Å²) in [4.78, 5) is 33.0. The van der Waals surface area contributed by atoms with Gasteiger partial charge in [-0.15, -0.1) is 22.7 Å². The summed E-state index contributed by atoms with van der Waals surface area (Å²) >= 11 is 2.98. The number of thiophene rings is 1. The summed E-state index contributed by atoms with van der Waals surface area (Å²) in [6.07, 6.45) is 0. The summed E-state index contributed by atoms with van der Waals surface area (Å²) in [6.45, 7) is 8.22. The van der Waals surface area contributed by atoms with Gasteiger partial charge in [0.15, 0.2) is 0 Å². The van der Waals surface area contributed by atoms with E-state index in [2.05, 4.69) is 25.5 Å². The van der Waals surface area contributed by atoms with Gasteiger partial charge in [-0.1, -0.05) is 0 Å². The zero-order valence-electron chi connectivity index (χ0n) is 14.9. The Morgan fingerprint density at radius 2 is 2.04 bits per heavy atom. The number of nitrogens with two attached hydrogens (primary N) is 1. The van der Waals surface area contributed by atoms with Crippen molar-refractivity contribution in [3.63, 3.8) is 0 Å². The summed E-state index contributed by atoms with van der Waals surface area (Å²) in [5.41, 5.74) is 6.80. The first kappa shape index (κ1) is 19.0. The highest BCUT2D eigenvalue weighted by molar-refractivity contribution is 7.14. The van der Waals surface area contributed by atoms with E-state index >= 15 is 0 Å². The molecule has 0 aliphatic carbocycles. The molecular formula is C17H23N5O2S2. The third-order valence-corrected chi connectivity index (χ3v) is 6.21. The van der Waals surface area contributed by atoms with Gasteiger partial charge >= 0.3 is 0 Å². The van der Waals surface area contributed by atoms with Crippen LogP contribution in [0.1, 0.15) is 28.0 Å². The number of hydrogen-bond acceptors (Lipinski definition) is 7. The lowest BCUT2D eigenvalue weighted by atomic mass is 10.2. The van der Waals surface area contributed by atoms with Gasteiger partial charge in [0.05, 0.1) is 22.3 Å². The Hall–Kier alpha value is -1.81. The molecule has 0 bridgehead atoms. The van der Waals surface area contributed by atoms with Crippen LogP contribution in [-0.2, 0) is 11.3 Å². The number of anilines is 1. The van der Waals surface area contributed by atoms with Crippen molar-refractivity contribution >= 4 is 39.5 Å². The Labute approximate surface area is 160 Å². The fraction of sp³-hybridized carbons (Fsp3) is 0.471. The SMILES string of the molecule is Cc1nc(CN2CCN(C(C)C(=O)Nc3sccc3C(N)=O)CC2)cs1. The lowest BCUT2D eigenvalue weighted by molar-refractivity contribution is -0.121. The van der Waals surface area contributed by atoms with Crippen molar-refractivity contribution < 1.29 is 9.59 Å². The lowest BCUT2D eigenvalue weighted by Gasteiger charge is -2.37. The molecular weight excluding hydrogens is 370 g/mol. The van der Waals surface area contributed by atoms with Gasteiger partial charge in [-0.2, -0.15) is 0 Å². The molecule has 0 spiro atoms. The van der Waals surface area contributed by atoms with Crippen LogP contribution in [0.15, 0.2) is 16.8 Å². The fourth-order valence-corrected chi connectivity index (χ4v) is 4.40. The largest absolute Gasteiger partial charge is 0.366 e. The van der Waals surface area contributed by atoms with Gasteiger partial charge in [0, 0.05) is 38.1 Å². The third-order valence-electron chi connectivity index (χ3n) is 4.55. The van der Waals surface area contributed by atoms with Gasteiger partial charge in [0.1, 0.15) is 5.00 Å². The van der Waals surface area contributed by atoms with Crippen LogP contribution in [-0.4, -0.2) is 58.8 Å². The number of hydrogen-bond donors (Lipinski definition) is 2. The number of rotatable bonds is 6. The second-order valence-corrected chi connectivity index (χ2v) is 8.34. The van der Waals surface area contributed by atoms with Crippen molar-refractivity contribution in [1.82, 2.24) is 14.8 Å². The zero-order chi connectivity index (χ0) is 18.7. The van der Waals surface area contributed by atoms with Gasteiger partial charge in [0.2, 0.25) is 5.91 Å². The molecule has 3 rings (SSSR count). The van der Waals surface area contributed by atoms with Crippen molar-refractivity contribution in [2.24, 2.45) is 5.73 Å². The van der Waals surface area contributed by atoms with E-state index in [0.717, 1.165) is 43.4 Å². The van der Waals surface area contributed by atoms with Crippen LogP contribution in [0.3, 0.4) is 0 Å². The Morgan fingerprint density at radius 3 is 2.65 bits per heavy atom. The van der Waals surface area contributed by atoms with Gasteiger partial charge in [-0.3, -0.25) is 19.4 Å². The first-order valence-corrected chi connectivity index (χ1v) is 10.3. The molecule has 26 heavy (non-hydrogen) atoms. The minimum absolute atomic E-state index is 0.112. The molecule has 1 aliphatic rings. The van der Waals surface area contributed by atoms with E-state index in [1.165, 1.54) is 11.3 Å². The predicted octanol–water partition coefficient (Wildman–Crippen LogP) is 1.76. The van der Waals surface area contributed by atoms with E-state index in [1.807, 2.05) is 13.8 Å². The van der Waals surface area contributed by atoms with Gasteiger partial charge in [-0.25, -0.2) is 4.98 Å². The summed E-state index contributed by atoms with van der Waals surface area (Å²) < 4.78 is 0. The fourth-order valence-electron chi connectivity index (χ4n) is 3.00. The topological polar surface area (TPSA) is 91.6 Å². The highest BCUT2D eigenvalue weighted by Gasteiger charge is 2.26. The minimum Gasteiger partial charge on any atom is -0.366 e. The van der Waals surface area contributed by atoms with Gasteiger partial charge in [0.25, 0.3) is 5.91 Å². The minimum atomic E-state index is -0.528. The van der Waals surface area contributed by atoms with E-state index < -0.39 is 5.91 Å². The second kappa shape index (κ2) is 8.26. The molecule has 7 nitrogen and oxygen atoms in total. The molecule has 2 aromatic heterocycles. The highest BCUT2D eigenvalue weighted by atomic mass is 32.1. The first-order chi connectivity index (χ1) is 12.4. The Morgan fingerprint density at radius 1 is 1.31 bits per heavy atom. The smallest absolute Gasteiger partial charge is 0.251 e. The summed E-state index contributed by atoms with van der Waals surface area (Å²) in [7, 11) is 0. The Balaban J connectivity index is 1.51. The highest BCUT2D eigenvalue weighted by Crippen LogP contribution is 2.23. The standard InChI is InChI=1S/C17H23N5O2S2/c1-11(16(24)20-17-14(15(18)23)3-8-25-17)22-6-4-21(5-7-22)9-13-10-26-12(2)19-13/h3,8,10-11H,4-7,9H2,1-2H3,(H2,18,23)(H,20,24). The average molecular weight is 394 g/mol. The lowest BCUT2D eigenvalue weighted by Crippen LogP contribution is -2.52. The molecule has 1 atom stereocenters. The monoisotopic (exact) mass is 393 g/mol. The maximum Gasteiger partial charge on any atom is 0.251 e. The van der Waals surface area contributed by atoms with Gasteiger partial charge < -0.3 is 11.1 Å². The molecule has 3 N–H and O–H groups in total. The first-order valence-electron chi connectivity index (χ1n) is 8.49. The number of aryl methyl sites for hydroxylation is 1. The Kier molecular flexibility index (Phi) is 6.02. The van der Waals surface area contributed by atoms with Crippen LogP contribution in [0, 0.1) is 6.92 Å². The molecule has 0 aromatic carbocycles. The molecule has 2 amide bonds. The van der Waals surface area contributed by atoms with Crippen LogP contribution >= 0.6 is 22.7 Å². The zero-order valence-corrected chi connectivity index (χ0v) is 16.5. The van der Waals surface area contributed by atoms with Crippen LogP contribution in [0.2, 0.25) is 0 Å². The maximum absolute atomic E-state index is 12.5. The van der Waals surface area contributed by atoms with Crippen molar-refractivity contribution in [2.75, 3.05) is 31.5 Å². The number of carbonyl (C=O) groups is 2. The molecule has 1 saturated heterocycles. The van der Waals surface area contributed by atoms with Crippen molar-refractivity contribution in [3.8, 4) is 0 Å². The third kappa shape index (κ3) is 4.47. The molecule has 9 heteroatoms. The quantitative estimate of drug-likeness (QED) is 0.780. The number of nitrogens with zero attached hydrogens (tertiary/aromatic N) is 3. The second-order valence-electron chi connectivity index (χ2n) is 6.36. The van der Waals surface area contributed by atoms with Crippen LogP contribution in [0.25, 0.3) is 0 Å². The number of nitrogens with one attached hydrogen (secondary N) is 1. The van der Waals surface area contributed by atoms with E-state index in [9.17, 15) is 9.59 Å². The normalized spacial score (nSPS) is 17.2. The molecule has 3 heterocycles. The van der Waals surface area contributed by atoms with Crippen molar-refractivity contribution in [2.45, 2.75) is 26.4 Å². The Bertz CT molecular complexity index is 780. The molecule has 1 fully saturated rings. The van der Waals surface area contributed by atoms with E-state index in [4.69, 9.17) is 5.73 Å². The van der Waals surface area contributed by atoms with Crippen molar-refractivity contribution in [1.29, 1.82) is 0 Å². The molecule has 140 valence electrons. The molecule has 1 aliphatic heterocycles. The summed E-state index contributed by atoms with van der Waals surface area (Å²) in [6, 6.07) is 1.37. The van der Waals surface area contributed by atoms with Crippen LogP contribution in [0.5, 0.6) is 0 Å². The predicted molar refractivity (Wildman–Crippen MR) is 105 cm³/mol. The number of thiazole rings is 1. The number of carbonyl (C=O) groups excluding carboxylic acids is 2. The van der Waals surface area contributed by atoms with Crippen molar-refractivity contribution in [3.05, 3.63) is 33.1 Å². The number of amides is 2. The molecule has 2 aromatic rings. The molecule has 1 unspecified atom stereocenters. The van der Waals surface area contributed by atoms with E-state index in [0.29, 0.717) is 10.6 Å². The van der Waals surface area contributed by atoms with E-state index in [-0.39, 0.29) is 11.9 Å². The number of aromatic nitrogens is 1. The average Bonchev–Trinajstić information content (AvgIpc) is 3.24. The van der Waals surface area contributed by atoms with Gasteiger partial charge in [-0.05, 0) is 25.3 Å².